The van der Waals surface area contributed by atoms with Gasteiger partial charge in [-0.05, 0) is 30.3 Å². The number of hydrogen-bond acceptors (Lipinski definition) is 8. The average Bonchev–Trinajstić information content (AvgIpc) is 3.14. The highest BCUT2D eigenvalue weighted by Gasteiger charge is 2.28. The van der Waals surface area contributed by atoms with Gasteiger partial charge in [0.15, 0.2) is 3.95 Å². The minimum absolute atomic E-state index is 0.00611. The highest BCUT2D eigenvalue weighted by atomic mass is 32.1. The second-order valence-electron chi connectivity index (χ2n) is 6.96. The zero-order valence-corrected chi connectivity index (χ0v) is 19.4. The van der Waals surface area contributed by atoms with Gasteiger partial charge in [0.25, 0.3) is 0 Å². The number of nitrogens with one attached hydrogen (secondary N) is 1. The molecule has 0 aliphatic carbocycles. The Balaban J connectivity index is 1.63. The van der Waals surface area contributed by atoms with E-state index in [0.29, 0.717) is 9.65 Å². The van der Waals surface area contributed by atoms with Crippen LogP contribution in [0.15, 0.2) is 66.0 Å². The smallest absolute Gasteiger partial charge is 0.408 e. The van der Waals surface area contributed by atoms with E-state index in [-0.39, 0.29) is 13.2 Å². The standard InChI is InChI=1S/C23H22N2O6S2/c1-16-15-33-23(32)25(16)31-20(26)12-19(21(27)29-13-17-8-4-2-5-9-17)24-22(28)30-14-18-10-6-3-7-11-18/h2-11,15,19H,12-14H2,1H3,(H,24,28)/t19-/m0/s1. The molecule has 0 aliphatic rings. The van der Waals surface area contributed by atoms with Gasteiger partial charge in [-0.3, -0.25) is 0 Å². The molecule has 3 aromatic rings. The number of ether oxygens (including phenoxy) is 2. The van der Waals surface area contributed by atoms with Crippen molar-refractivity contribution in [2.45, 2.75) is 32.6 Å². The van der Waals surface area contributed by atoms with Crippen LogP contribution in [0.4, 0.5) is 4.79 Å². The minimum atomic E-state index is -1.31. The highest BCUT2D eigenvalue weighted by molar-refractivity contribution is 7.73. The predicted octanol–water partition coefficient (Wildman–Crippen LogP) is 3.97. The molecule has 1 amide bonds. The zero-order chi connectivity index (χ0) is 23.6. The minimum Gasteiger partial charge on any atom is -0.459 e. The van der Waals surface area contributed by atoms with Crippen LogP contribution in [-0.4, -0.2) is 28.8 Å². The molecule has 1 atom stereocenters. The largest absolute Gasteiger partial charge is 0.459 e. The second-order valence-corrected chi connectivity index (χ2v) is 8.46. The van der Waals surface area contributed by atoms with Crippen molar-refractivity contribution in [1.82, 2.24) is 10.0 Å². The predicted molar refractivity (Wildman–Crippen MR) is 124 cm³/mol. The van der Waals surface area contributed by atoms with Crippen molar-refractivity contribution >= 4 is 41.6 Å². The van der Waals surface area contributed by atoms with E-state index in [1.807, 2.05) is 36.4 Å². The lowest BCUT2D eigenvalue weighted by Gasteiger charge is -2.17. The van der Waals surface area contributed by atoms with Crippen molar-refractivity contribution in [2.75, 3.05) is 0 Å². The number of aryl methyl sites for hydroxylation is 1. The number of nitrogens with zero attached hydrogens (tertiary/aromatic N) is 1. The maximum Gasteiger partial charge on any atom is 0.408 e. The summed E-state index contributed by atoms with van der Waals surface area (Å²) >= 11 is 6.36. The third kappa shape index (κ3) is 7.55. The molecule has 1 heterocycles. The molecule has 8 nitrogen and oxygen atoms in total. The summed E-state index contributed by atoms with van der Waals surface area (Å²) in [6.07, 6.45) is -1.33. The molecule has 0 unspecified atom stereocenters. The summed E-state index contributed by atoms with van der Waals surface area (Å²) in [6, 6.07) is 16.8. The SMILES string of the molecule is Cc1csc(=S)n1OC(=O)C[C@H](NC(=O)OCc1ccccc1)C(=O)OCc1ccccc1. The average molecular weight is 487 g/mol. The van der Waals surface area contributed by atoms with Crippen LogP contribution in [0, 0.1) is 10.9 Å². The van der Waals surface area contributed by atoms with Crippen LogP contribution >= 0.6 is 23.6 Å². The summed E-state index contributed by atoms with van der Waals surface area (Å²) in [7, 11) is 0. The van der Waals surface area contributed by atoms with Gasteiger partial charge >= 0.3 is 18.0 Å². The van der Waals surface area contributed by atoms with Crippen molar-refractivity contribution in [3.63, 3.8) is 0 Å². The number of amides is 1. The second kappa shape index (κ2) is 11.9. The van der Waals surface area contributed by atoms with Gasteiger partial charge in [-0.25, -0.2) is 14.4 Å². The molecule has 0 fully saturated rings. The van der Waals surface area contributed by atoms with E-state index in [1.54, 1.807) is 36.6 Å². The maximum absolute atomic E-state index is 12.7. The van der Waals surface area contributed by atoms with E-state index < -0.39 is 30.5 Å². The molecule has 10 heteroatoms. The van der Waals surface area contributed by atoms with Crippen LogP contribution < -0.4 is 10.2 Å². The van der Waals surface area contributed by atoms with Crippen LogP contribution in [0.5, 0.6) is 0 Å². The van der Waals surface area contributed by atoms with Crippen LogP contribution in [-0.2, 0) is 32.3 Å². The molecule has 172 valence electrons. The Labute approximate surface area is 199 Å². The number of alkyl carbamates (subject to hydrolysis) is 1. The van der Waals surface area contributed by atoms with Crippen molar-refractivity contribution in [3.8, 4) is 0 Å². The summed E-state index contributed by atoms with van der Waals surface area (Å²) in [5.41, 5.74) is 2.17. The number of benzene rings is 2. The monoisotopic (exact) mass is 486 g/mol. The zero-order valence-electron chi connectivity index (χ0n) is 17.8. The van der Waals surface area contributed by atoms with E-state index in [9.17, 15) is 14.4 Å². The van der Waals surface area contributed by atoms with Gasteiger partial charge in [0.2, 0.25) is 0 Å². The van der Waals surface area contributed by atoms with Crippen LogP contribution in [0.1, 0.15) is 23.2 Å². The number of carbonyl (C=O) groups is 3. The summed E-state index contributed by atoms with van der Waals surface area (Å²) in [5.74, 6) is -1.56. The van der Waals surface area contributed by atoms with Crippen molar-refractivity contribution in [3.05, 3.63) is 86.8 Å². The number of carbonyl (C=O) groups excluding carboxylic acids is 3. The summed E-state index contributed by atoms with van der Waals surface area (Å²) in [4.78, 5) is 42.7. The fourth-order valence-electron chi connectivity index (χ4n) is 2.72. The van der Waals surface area contributed by atoms with E-state index in [4.69, 9.17) is 26.5 Å². The Morgan fingerprint density at radius 2 is 1.55 bits per heavy atom. The van der Waals surface area contributed by atoms with Gasteiger partial charge in [0, 0.05) is 5.38 Å². The van der Waals surface area contributed by atoms with Crippen molar-refractivity contribution < 1.29 is 28.7 Å². The molecular weight excluding hydrogens is 464 g/mol. The van der Waals surface area contributed by atoms with E-state index in [2.05, 4.69) is 5.32 Å². The Kier molecular flexibility index (Phi) is 8.73. The van der Waals surface area contributed by atoms with Gasteiger partial charge in [0.05, 0.1) is 12.1 Å². The van der Waals surface area contributed by atoms with Gasteiger partial charge in [-0.2, -0.15) is 4.73 Å². The van der Waals surface area contributed by atoms with E-state index in [1.165, 1.54) is 16.1 Å². The lowest BCUT2D eigenvalue weighted by molar-refractivity contribution is -0.153. The topological polar surface area (TPSA) is 95.9 Å². The van der Waals surface area contributed by atoms with Crippen molar-refractivity contribution in [1.29, 1.82) is 0 Å². The Hall–Kier alpha value is -3.50. The molecule has 0 spiro atoms. The molecular formula is C23H22N2O6S2. The van der Waals surface area contributed by atoms with E-state index in [0.717, 1.165) is 11.1 Å². The molecule has 0 bridgehead atoms. The third-order valence-corrected chi connectivity index (χ3v) is 5.67. The number of rotatable bonds is 9. The molecule has 2 aromatic carbocycles. The lowest BCUT2D eigenvalue weighted by Crippen LogP contribution is -2.44. The van der Waals surface area contributed by atoms with Gasteiger partial charge in [-0.1, -0.05) is 60.7 Å². The molecule has 0 aliphatic heterocycles. The third-order valence-electron chi connectivity index (χ3n) is 4.39. The molecule has 0 saturated heterocycles. The van der Waals surface area contributed by atoms with Crippen LogP contribution in [0.25, 0.3) is 0 Å². The van der Waals surface area contributed by atoms with Crippen molar-refractivity contribution in [2.24, 2.45) is 0 Å². The van der Waals surface area contributed by atoms with E-state index >= 15 is 0 Å². The molecule has 1 N–H and O–H groups in total. The molecule has 1 aromatic heterocycles. The van der Waals surface area contributed by atoms with Crippen LogP contribution in [0.3, 0.4) is 0 Å². The molecule has 3 rings (SSSR count). The highest BCUT2D eigenvalue weighted by Crippen LogP contribution is 2.10. The molecule has 0 radical (unpaired) electrons. The first kappa shape index (κ1) is 24.1. The van der Waals surface area contributed by atoms with Gasteiger partial charge < -0.3 is 19.6 Å². The lowest BCUT2D eigenvalue weighted by atomic mass is 10.2. The number of hydrogen-bond donors (Lipinski definition) is 1. The Morgan fingerprint density at radius 3 is 2.09 bits per heavy atom. The normalized spacial score (nSPS) is 11.3. The molecule has 33 heavy (non-hydrogen) atoms. The van der Waals surface area contributed by atoms with Gasteiger partial charge in [0.1, 0.15) is 19.3 Å². The number of thiazole rings is 1. The first-order valence-electron chi connectivity index (χ1n) is 9.98. The first-order chi connectivity index (χ1) is 15.9. The Morgan fingerprint density at radius 1 is 0.970 bits per heavy atom. The number of aromatic nitrogens is 1. The summed E-state index contributed by atoms with van der Waals surface area (Å²) in [6.45, 7) is 1.72. The quantitative estimate of drug-likeness (QED) is 0.361. The van der Waals surface area contributed by atoms with Crippen LogP contribution in [0.2, 0.25) is 0 Å². The Bertz CT molecular complexity index is 1140. The fourth-order valence-corrected chi connectivity index (χ4v) is 3.69. The summed E-state index contributed by atoms with van der Waals surface area (Å²) in [5, 5.41) is 4.13. The summed E-state index contributed by atoms with van der Waals surface area (Å²) < 4.78 is 12.0. The maximum atomic E-state index is 12.7. The first-order valence-corrected chi connectivity index (χ1v) is 11.3. The van der Waals surface area contributed by atoms with Gasteiger partial charge in [-0.15, -0.1) is 11.3 Å². The molecule has 0 saturated carbocycles. The fraction of sp³-hybridized carbons (Fsp3) is 0.217. The number of esters is 1.